The molecule has 0 radical (unpaired) electrons. The molecule has 0 spiro atoms. The molecular weight excluding hydrogens is 272 g/mol. The van der Waals surface area contributed by atoms with E-state index in [0.29, 0.717) is 23.5 Å². The molecule has 0 unspecified atom stereocenters. The van der Waals surface area contributed by atoms with Gasteiger partial charge in [-0.15, -0.1) is 0 Å². The summed E-state index contributed by atoms with van der Waals surface area (Å²) < 4.78 is 0. The average molecular weight is 288 g/mol. The Morgan fingerprint density at radius 2 is 2.10 bits per heavy atom. The van der Waals surface area contributed by atoms with Crippen LogP contribution < -0.4 is 10.6 Å². The lowest BCUT2D eigenvalue weighted by Crippen LogP contribution is -2.34. The number of aromatic amines is 1. The van der Waals surface area contributed by atoms with Gasteiger partial charge in [0.2, 0.25) is 0 Å². The first kappa shape index (κ1) is 14.2. The topological polar surface area (TPSA) is 75.0 Å². The number of aromatic nitrogens is 2. The van der Waals surface area contributed by atoms with Crippen molar-refractivity contribution >= 4 is 28.8 Å². The summed E-state index contributed by atoms with van der Waals surface area (Å²) in [4.78, 5) is 14.7. The number of thiocarbonyl (C=S) groups is 1. The molecule has 0 aliphatic rings. The Balaban J connectivity index is 2.29. The monoisotopic (exact) mass is 288 g/mol. The van der Waals surface area contributed by atoms with Crippen molar-refractivity contribution in [3.05, 3.63) is 47.8 Å². The number of nitrogens with zero attached hydrogens (tertiary/aromatic N) is 2. The molecule has 104 valence electrons. The van der Waals surface area contributed by atoms with Crippen LogP contribution in [0.2, 0.25) is 0 Å². The third kappa shape index (κ3) is 3.21. The van der Waals surface area contributed by atoms with Gasteiger partial charge in [-0.2, -0.15) is 5.10 Å². The zero-order valence-corrected chi connectivity index (χ0v) is 12.0. The normalized spacial score (nSPS) is 10.2. The number of nitrogens with two attached hydrogens (primary N) is 1. The van der Waals surface area contributed by atoms with E-state index in [2.05, 4.69) is 10.2 Å². The lowest BCUT2D eigenvalue weighted by molar-refractivity contribution is 0.0987. The summed E-state index contributed by atoms with van der Waals surface area (Å²) in [6, 6.07) is 9.44. The zero-order chi connectivity index (χ0) is 14.5. The number of nitrogens with one attached hydrogen (secondary N) is 1. The molecule has 20 heavy (non-hydrogen) atoms. The quantitative estimate of drug-likeness (QED) is 0.826. The molecule has 0 atom stereocenters. The summed E-state index contributed by atoms with van der Waals surface area (Å²) in [5, 5.41) is 6.66. The number of carbonyl (C=O) groups is 1. The number of rotatable bonds is 5. The van der Waals surface area contributed by atoms with Crippen LogP contribution in [0.3, 0.4) is 0 Å². The summed E-state index contributed by atoms with van der Waals surface area (Å²) in [6.07, 6.45) is 2.02. The lowest BCUT2D eigenvalue weighted by atomic mass is 10.2. The van der Waals surface area contributed by atoms with E-state index >= 15 is 0 Å². The van der Waals surface area contributed by atoms with Crippen LogP contribution in [-0.4, -0.2) is 27.6 Å². The third-order valence-electron chi connectivity index (χ3n) is 2.96. The molecule has 1 heterocycles. The van der Waals surface area contributed by atoms with Crippen molar-refractivity contribution in [2.45, 2.75) is 13.3 Å². The van der Waals surface area contributed by atoms with E-state index in [1.54, 1.807) is 4.90 Å². The number of hydrogen-bond donors (Lipinski definition) is 2. The van der Waals surface area contributed by atoms with Gasteiger partial charge in [-0.25, -0.2) is 0 Å². The SMILES string of the molecule is Cc1[nH]ncc1C(=O)N(CCC(N)=S)c1ccccc1. The molecule has 1 aromatic heterocycles. The fourth-order valence-corrected chi connectivity index (χ4v) is 1.98. The Labute approximate surface area is 122 Å². The first-order valence-corrected chi connectivity index (χ1v) is 6.65. The number of H-pyrrole nitrogens is 1. The van der Waals surface area contributed by atoms with Crippen LogP contribution in [-0.2, 0) is 0 Å². The minimum atomic E-state index is -0.112. The molecular formula is C14H16N4OS. The van der Waals surface area contributed by atoms with E-state index in [4.69, 9.17) is 18.0 Å². The van der Waals surface area contributed by atoms with Crippen LogP contribution >= 0.6 is 12.2 Å². The fourth-order valence-electron chi connectivity index (χ4n) is 1.89. The molecule has 0 fully saturated rings. The van der Waals surface area contributed by atoms with Crippen molar-refractivity contribution in [1.29, 1.82) is 0 Å². The highest BCUT2D eigenvalue weighted by Gasteiger charge is 2.20. The second-order valence-corrected chi connectivity index (χ2v) is 4.94. The Morgan fingerprint density at radius 1 is 1.40 bits per heavy atom. The Bertz CT molecular complexity index is 609. The largest absolute Gasteiger partial charge is 0.393 e. The predicted octanol–water partition coefficient (Wildman–Crippen LogP) is 2.04. The van der Waals surface area contributed by atoms with E-state index in [0.717, 1.165) is 11.4 Å². The van der Waals surface area contributed by atoms with Gasteiger partial charge in [0, 0.05) is 24.3 Å². The summed E-state index contributed by atoms with van der Waals surface area (Å²) in [7, 11) is 0. The Hall–Kier alpha value is -2.21. The first-order valence-electron chi connectivity index (χ1n) is 6.25. The van der Waals surface area contributed by atoms with Gasteiger partial charge >= 0.3 is 0 Å². The van der Waals surface area contributed by atoms with E-state index in [9.17, 15) is 4.79 Å². The third-order valence-corrected chi connectivity index (χ3v) is 3.16. The summed E-state index contributed by atoms with van der Waals surface area (Å²) >= 11 is 4.90. The molecule has 2 rings (SSSR count). The van der Waals surface area contributed by atoms with Crippen molar-refractivity contribution in [2.24, 2.45) is 5.73 Å². The number of para-hydroxylation sites is 1. The smallest absolute Gasteiger partial charge is 0.261 e. The van der Waals surface area contributed by atoms with Gasteiger partial charge in [0.15, 0.2) is 0 Å². The summed E-state index contributed by atoms with van der Waals surface area (Å²) in [6.45, 7) is 2.26. The van der Waals surface area contributed by atoms with Gasteiger partial charge in [0.1, 0.15) is 0 Å². The molecule has 6 heteroatoms. The minimum absolute atomic E-state index is 0.112. The standard InChI is InChI=1S/C14H16N4OS/c1-10-12(9-16-17-10)14(19)18(8-7-13(15)20)11-5-3-2-4-6-11/h2-6,9H,7-8H2,1H3,(H2,15,20)(H,16,17). The van der Waals surface area contributed by atoms with E-state index in [-0.39, 0.29) is 5.91 Å². The highest BCUT2D eigenvalue weighted by Crippen LogP contribution is 2.18. The van der Waals surface area contributed by atoms with Gasteiger partial charge in [0.05, 0.1) is 16.7 Å². The second-order valence-electron chi connectivity index (χ2n) is 4.42. The van der Waals surface area contributed by atoms with E-state index in [1.807, 2.05) is 37.3 Å². The minimum Gasteiger partial charge on any atom is -0.393 e. The van der Waals surface area contributed by atoms with Crippen molar-refractivity contribution in [1.82, 2.24) is 10.2 Å². The predicted molar refractivity (Wildman–Crippen MR) is 82.8 cm³/mol. The molecule has 2 aromatic rings. The highest BCUT2D eigenvalue weighted by molar-refractivity contribution is 7.80. The van der Waals surface area contributed by atoms with Gasteiger partial charge in [0.25, 0.3) is 5.91 Å². The molecule has 0 aliphatic heterocycles. The Morgan fingerprint density at radius 3 is 2.65 bits per heavy atom. The second kappa shape index (κ2) is 6.29. The molecule has 0 aliphatic carbocycles. The van der Waals surface area contributed by atoms with Crippen molar-refractivity contribution in [3.63, 3.8) is 0 Å². The number of hydrogen-bond acceptors (Lipinski definition) is 3. The molecule has 1 aromatic carbocycles. The van der Waals surface area contributed by atoms with Crippen LogP contribution in [0.1, 0.15) is 22.5 Å². The number of aryl methyl sites for hydroxylation is 1. The Kier molecular flexibility index (Phi) is 4.47. The summed E-state index contributed by atoms with van der Waals surface area (Å²) in [5.41, 5.74) is 7.65. The summed E-state index contributed by atoms with van der Waals surface area (Å²) in [5.74, 6) is -0.112. The van der Waals surface area contributed by atoms with Crippen LogP contribution in [0.4, 0.5) is 5.69 Å². The van der Waals surface area contributed by atoms with Crippen LogP contribution in [0, 0.1) is 6.92 Å². The van der Waals surface area contributed by atoms with Crippen LogP contribution in [0.5, 0.6) is 0 Å². The van der Waals surface area contributed by atoms with E-state index in [1.165, 1.54) is 6.20 Å². The maximum absolute atomic E-state index is 12.6. The number of anilines is 1. The van der Waals surface area contributed by atoms with Gasteiger partial charge < -0.3 is 10.6 Å². The molecule has 1 amide bonds. The number of benzene rings is 1. The van der Waals surface area contributed by atoms with Gasteiger partial charge in [-0.3, -0.25) is 9.89 Å². The van der Waals surface area contributed by atoms with Crippen molar-refractivity contribution < 1.29 is 4.79 Å². The van der Waals surface area contributed by atoms with Crippen molar-refractivity contribution in [2.75, 3.05) is 11.4 Å². The van der Waals surface area contributed by atoms with Crippen molar-refractivity contribution in [3.8, 4) is 0 Å². The van der Waals surface area contributed by atoms with Crippen LogP contribution in [0.25, 0.3) is 0 Å². The van der Waals surface area contributed by atoms with Crippen LogP contribution in [0.15, 0.2) is 36.5 Å². The molecule has 5 nitrogen and oxygen atoms in total. The first-order chi connectivity index (χ1) is 9.59. The maximum Gasteiger partial charge on any atom is 0.261 e. The maximum atomic E-state index is 12.6. The fraction of sp³-hybridized carbons (Fsp3) is 0.214. The molecule has 3 N–H and O–H groups in total. The molecule has 0 saturated heterocycles. The van der Waals surface area contributed by atoms with Gasteiger partial charge in [-0.1, -0.05) is 30.4 Å². The number of carbonyl (C=O) groups excluding carboxylic acids is 1. The zero-order valence-electron chi connectivity index (χ0n) is 11.2. The highest BCUT2D eigenvalue weighted by atomic mass is 32.1. The molecule has 0 bridgehead atoms. The lowest BCUT2D eigenvalue weighted by Gasteiger charge is -2.22. The van der Waals surface area contributed by atoms with E-state index < -0.39 is 0 Å². The molecule has 0 saturated carbocycles. The van der Waals surface area contributed by atoms with Gasteiger partial charge in [-0.05, 0) is 19.1 Å². The number of amides is 1. The average Bonchev–Trinajstić information content (AvgIpc) is 2.86.